The number of esters is 1. The second-order valence-electron chi connectivity index (χ2n) is 7.30. The van der Waals surface area contributed by atoms with E-state index in [0.717, 1.165) is 7.11 Å². The predicted molar refractivity (Wildman–Crippen MR) is 124 cm³/mol. The molecule has 2 atom stereocenters. The summed E-state index contributed by atoms with van der Waals surface area (Å²) in [6.45, 7) is -0.0609. The van der Waals surface area contributed by atoms with Crippen LogP contribution in [0.15, 0.2) is 65.7 Å². The number of methoxy groups -OCH3 is 1. The Labute approximate surface area is 199 Å². The minimum Gasteiger partial charge on any atom is -0.467 e. The van der Waals surface area contributed by atoms with Crippen LogP contribution in [0.3, 0.4) is 0 Å². The fourth-order valence-corrected chi connectivity index (χ4v) is 3.13. The van der Waals surface area contributed by atoms with Crippen LogP contribution in [0, 0.1) is 10.1 Å². The third-order valence-corrected chi connectivity index (χ3v) is 4.81. The summed E-state index contributed by atoms with van der Waals surface area (Å²) in [4.78, 5) is 38.8. The Balaban J connectivity index is 2.17. The SMILES string of the molecule is COC(=O)[C@H](CCCN=C(N)N[N+](=O)[O-])NC(=O)C(F)(F)C(Nc1ccccc1)c1ccccc1. The van der Waals surface area contributed by atoms with Gasteiger partial charge in [0, 0.05) is 12.2 Å². The number of nitrogens with one attached hydrogen (secondary N) is 3. The van der Waals surface area contributed by atoms with Crippen LogP contribution in [0.2, 0.25) is 0 Å². The average Bonchev–Trinajstić information content (AvgIpc) is 2.84. The molecule has 2 aromatic carbocycles. The van der Waals surface area contributed by atoms with E-state index < -0.39 is 40.9 Å². The monoisotopic (exact) mass is 492 g/mol. The van der Waals surface area contributed by atoms with Crippen molar-refractivity contribution in [1.82, 2.24) is 10.7 Å². The first-order valence-corrected chi connectivity index (χ1v) is 10.5. The van der Waals surface area contributed by atoms with Crippen LogP contribution in [0.4, 0.5) is 14.5 Å². The van der Waals surface area contributed by atoms with E-state index in [1.54, 1.807) is 54.0 Å². The van der Waals surface area contributed by atoms with E-state index in [4.69, 9.17) is 5.73 Å². The molecule has 0 aliphatic rings. The van der Waals surface area contributed by atoms with E-state index in [0.29, 0.717) is 5.69 Å². The number of carbonyl (C=O) groups is 2. The number of anilines is 1. The van der Waals surface area contributed by atoms with Gasteiger partial charge in [-0.3, -0.25) is 4.79 Å². The Morgan fingerprint density at radius 1 is 1.14 bits per heavy atom. The number of ether oxygens (including phenoxy) is 1. The normalized spacial score (nSPS) is 13.3. The fourth-order valence-electron chi connectivity index (χ4n) is 3.13. The largest absolute Gasteiger partial charge is 0.467 e. The molecule has 0 heterocycles. The van der Waals surface area contributed by atoms with Gasteiger partial charge < -0.3 is 21.1 Å². The molecule has 5 N–H and O–H groups in total. The highest BCUT2D eigenvalue weighted by Crippen LogP contribution is 2.35. The first-order valence-electron chi connectivity index (χ1n) is 10.5. The number of carbonyl (C=O) groups excluding carboxylic acids is 2. The maximum atomic E-state index is 15.5. The number of hydrogen-bond acceptors (Lipinski definition) is 7. The number of aliphatic imine (C=N–C) groups is 1. The maximum Gasteiger partial charge on any atom is 0.348 e. The van der Waals surface area contributed by atoms with Crippen LogP contribution < -0.4 is 21.8 Å². The second-order valence-corrected chi connectivity index (χ2v) is 7.30. The molecule has 1 amide bonds. The van der Waals surface area contributed by atoms with Gasteiger partial charge in [0.05, 0.1) is 7.11 Å². The molecule has 0 radical (unpaired) electrons. The van der Waals surface area contributed by atoms with Crippen molar-refractivity contribution in [3.63, 3.8) is 0 Å². The van der Waals surface area contributed by atoms with Gasteiger partial charge in [-0.25, -0.2) is 19.9 Å². The highest BCUT2D eigenvalue weighted by Gasteiger charge is 2.49. The molecule has 0 fully saturated rings. The number of benzene rings is 2. The minimum atomic E-state index is -3.97. The summed E-state index contributed by atoms with van der Waals surface area (Å²) >= 11 is 0. The van der Waals surface area contributed by atoms with Gasteiger partial charge in [0.2, 0.25) is 0 Å². The molecule has 0 aliphatic carbocycles. The Hall–Kier alpha value is -4.29. The Kier molecular flexibility index (Phi) is 9.87. The standard InChI is InChI=1S/C22H26F2N6O5/c1-35-19(31)17(13-8-14-26-21(25)29-30(33)34)28-20(32)22(23,24)18(15-9-4-2-5-10-15)27-16-11-6-3-7-12-16/h2-7,9-12,17-18,27H,8,13-14H2,1H3,(H,28,32)(H3,25,26,29)/t17-,18?/m0/s1. The molecule has 11 nitrogen and oxygen atoms in total. The fraction of sp³-hybridized carbons (Fsp3) is 0.318. The summed E-state index contributed by atoms with van der Waals surface area (Å²) in [7, 11) is 1.06. The Bertz CT molecular complexity index is 1020. The van der Waals surface area contributed by atoms with E-state index in [9.17, 15) is 19.7 Å². The summed E-state index contributed by atoms with van der Waals surface area (Å²) in [6, 6.07) is 12.8. The zero-order chi connectivity index (χ0) is 25.8. The molecular weight excluding hydrogens is 466 g/mol. The third-order valence-electron chi connectivity index (χ3n) is 4.81. The summed E-state index contributed by atoms with van der Waals surface area (Å²) in [5, 5.41) is 14.2. The van der Waals surface area contributed by atoms with Crippen molar-refractivity contribution in [2.24, 2.45) is 10.7 Å². The van der Waals surface area contributed by atoms with Crippen molar-refractivity contribution in [1.29, 1.82) is 0 Å². The number of hydrazine groups is 1. The van der Waals surface area contributed by atoms with Gasteiger partial charge in [-0.05, 0) is 30.5 Å². The van der Waals surface area contributed by atoms with Gasteiger partial charge in [0.15, 0.2) is 5.03 Å². The van der Waals surface area contributed by atoms with E-state index in [1.165, 1.54) is 12.1 Å². The number of guanidine groups is 1. The minimum absolute atomic E-state index is 0.0609. The molecule has 0 aromatic heterocycles. The van der Waals surface area contributed by atoms with Crippen LogP contribution in [-0.2, 0) is 14.3 Å². The first-order chi connectivity index (χ1) is 16.6. The molecule has 0 bridgehead atoms. The van der Waals surface area contributed by atoms with Gasteiger partial charge in [-0.2, -0.15) is 8.78 Å². The molecule has 0 saturated heterocycles. The third kappa shape index (κ3) is 8.21. The van der Waals surface area contributed by atoms with E-state index in [2.05, 4.69) is 20.4 Å². The number of halogens is 2. The molecule has 2 rings (SSSR count). The number of rotatable bonds is 12. The molecule has 35 heavy (non-hydrogen) atoms. The number of nitrogens with two attached hydrogens (primary N) is 1. The summed E-state index contributed by atoms with van der Waals surface area (Å²) in [5.74, 6) is -7.04. The summed E-state index contributed by atoms with van der Waals surface area (Å²) < 4.78 is 35.5. The lowest BCUT2D eigenvalue weighted by atomic mass is 9.98. The van der Waals surface area contributed by atoms with Crippen LogP contribution >= 0.6 is 0 Å². The molecule has 0 aliphatic heterocycles. The first kappa shape index (κ1) is 27.0. The maximum absolute atomic E-state index is 15.5. The molecule has 188 valence electrons. The highest BCUT2D eigenvalue weighted by molar-refractivity contribution is 5.89. The Morgan fingerprint density at radius 3 is 2.31 bits per heavy atom. The number of alkyl halides is 2. The van der Waals surface area contributed by atoms with E-state index >= 15 is 8.78 Å². The van der Waals surface area contributed by atoms with E-state index in [-0.39, 0.29) is 24.9 Å². The molecule has 2 aromatic rings. The summed E-state index contributed by atoms with van der Waals surface area (Å²) in [6.07, 6.45) is -0.0258. The molecule has 1 unspecified atom stereocenters. The lowest BCUT2D eigenvalue weighted by molar-refractivity contribution is -0.525. The van der Waals surface area contributed by atoms with Gasteiger partial charge in [0.1, 0.15) is 12.1 Å². The van der Waals surface area contributed by atoms with Crippen molar-refractivity contribution >= 4 is 23.5 Å². The highest BCUT2D eigenvalue weighted by atomic mass is 19.3. The lowest BCUT2D eigenvalue weighted by Gasteiger charge is -2.29. The zero-order valence-corrected chi connectivity index (χ0v) is 18.8. The number of para-hydroxylation sites is 1. The van der Waals surface area contributed by atoms with Crippen molar-refractivity contribution in [3.8, 4) is 0 Å². The van der Waals surface area contributed by atoms with Crippen molar-refractivity contribution < 1.29 is 28.1 Å². The molecule has 0 spiro atoms. The molecule has 13 heteroatoms. The van der Waals surface area contributed by atoms with Crippen molar-refractivity contribution in [2.75, 3.05) is 19.0 Å². The number of hydrogen-bond donors (Lipinski definition) is 4. The van der Waals surface area contributed by atoms with Gasteiger partial charge in [-0.1, -0.05) is 54.0 Å². The van der Waals surface area contributed by atoms with Crippen LogP contribution in [0.5, 0.6) is 0 Å². The number of amides is 1. The predicted octanol–water partition coefficient (Wildman–Crippen LogP) is 2.01. The van der Waals surface area contributed by atoms with Crippen molar-refractivity contribution in [3.05, 3.63) is 76.3 Å². The van der Waals surface area contributed by atoms with E-state index in [1.807, 2.05) is 0 Å². The van der Waals surface area contributed by atoms with Crippen molar-refractivity contribution in [2.45, 2.75) is 30.8 Å². The van der Waals surface area contributed by atoms with Crippen LogP contribution in [0.1, 0.15) is 24.4 Å². The quantitative estimate of drug-likeness (QED) is 0.0874. The second kappa shape index (κ2) is 12.8. The van der Waals surface area contributed by atoms with Gasteiger partial charge in [-0.15, -0.1) is 0 Å². The van der Waals surface area contributed by atoms with Gasteiger partial charge >= 0.3 is 11.9 Å². The zero-order valence-electron chi connectivity index (χ0n) is 18.8. The molecular formula is C22H26F2N6O5. The smallest absolute Gasteiger partial charge is 0.348 e. The average molecular weight is 492 g/mol. The number of nitrogens with zero attached hydrogens (tertiary/aromatic N) is 2. The van der Waals surface area contributed by atoms with Crippen LogP contribution in [-0.4, -0.2) is 48.5 Å². The topological polar surface area (TPSA) is 161 Å². The number of nitro groups is 1. The van der Waals surface area contributed by atoms with Crippen LogP contribution in [0.25, 0.3) is 0 Å². The lowest BCUT2D eigenvalue weighted by Crippen LogP contribution is -2.52. The Morgan fingerprint density at radius 2 is 1.74 bits per heavy atom. The van der Waals surface area contributed by atoms with Gasteiger partial charge in [0.25, 0.3) is 11.9 Å². The molecule has 0 saturated carbocycles. The summed E-state index contributed by atoms with van der Waals surface area (Å²) in [5.41, 5.74) is 7.48.